The van der Waals surface area contributed by atoms with E-state index in [1.807, 2.05) is 37.3 Å². The molecule has 17 heavy (non-hydrogen) atoms. The number of sulfonamides is 1. The number of aryl methyl sites for hydroxylation is 1. The van der Waals surface area contributed by atoms with E-state index in [0.717, 1.165) is 5.56 Å². The van der Waals surface area contributed by atoms with E-state index in [9.17, 15) is 8.42 Å². The largest absolute Gasteiger partial charge is 0.215 e. The van der Waals surface area contributed by atoms with Crippen molar-refractivity contribution in [3.8, 4) is 0 Å². The van der Waals surface area contributed by atoms with E-state index in [-0.39, 0.29) is 11.7 Å². The van der Waals surface area contributed by atoms with Gasteiger partial charge in [0.25, 0.3) is 0 Å². The topological polar surface area (TPSA) is 46.2 Å². The van der Waals surface area contributed by atoms with Crippen molar-refractivity contribution in [3.05, 3.63) is 35.9 Å². The van der Waals surface area contributed by atoms with E-state index < -0.39 is 10.0 Å². The van der Waals surface area contributed by atoms with Crippen LogP contribution >= 0.6 is 11.6 Å². The smallest absolute Gasteiger partial charge is 0.211 e. The van der Waals surface area contributed by atoms with Crippen LogP contribution in [0.4, 0.5) is 0 Å². The number of nitrogens with one attached hydrogen (secondary N) is 1. The van der Waals surface area contributed by atoms with E-state index in [4.69, 9.17) is 11.6 Å². The Labute approximate surface area is 108 Å². The molecule has 1 rings (SSSR count). The van der Waals surface area contributed by atoms with Gasteiger partial charge in [-0.15, -0.1) is 11.6 Å². The third-order valence-electron chi connectivity index (χ3n) is 2.42. The Bertz CT molecular complexity index is 419. The predicted molar refractivity (Wildman–Crippen MR) is 71.8 cm³/mol. The molecule has 0 amide bonds. The minimum Gasteiger partial charge on any atom is -0.215 e. The number of alkyl halides is 1. The number of rotatable bonds is 7. The van der Waals surface area contributed by atoms with Crippen LogP contribution in [0.15, 0.2) is 30.3 Å². The van der Waals surface area contributed by atoms with Crippen molar-refractivity contribution in [1.82, 2.24) is 4.72 Å². The molecule has 1 unspecified atom stereocenters. The van der Waals surface area contributed by atoms with E-state index in [1.54, 1.807) is 0 Å². The molecular formula is C12H18ClNO2S. The van der Waals surface area contributed by atoms with Gasteiger partial charge in [-0.1, -0.05) is 37.3 Å². The summed E-state index contributed by atoms with van der Waals surface area (Å²) in [6.07, 6.45) is 0.533. The average Bonchev–Trinajstić information content (AvgIpc) is 2.35. The molecule has 5 heteroatoms. The molecule has 0 radical (unpaired) electrons. The summed E-state index contributed by atoms with van der Waals surface area (Å²) in [4.78, 5) is 0. The summed E-state index contributed by atoms with van der Waals surface area (Å²) in [7, 11) is -3.19. The quantitative estimate of drug-likeness (QED) is 0.774. The lowest BCUT2D eigenvalue weighted by atomic mass is 10.2. The lowest BCUT2D eigenvalue weighted by Gasteiger charge is -2.10. The van der Waals surface area contributed by atoms with Gasteiger partial charge in [-0.05, 0) is 17.9 Å². The molecule has 1 atom stereocenters. The minimum absolute atomic E-state index is 0.117. The Morgan fingerprint density at radius 2 is 1.94 bits per heavy atom. The Balaban J connectivity index is 2.40. The molecule has 1 N–H and O–H groups in total. The van der Waals surface area contributed by atoms with Crippen LogP contribution in [-0.2, 0) is 16.4 Å². The first-order valence-electron chi connectivity index (χ1n) is 5.61. The standard InChI is InChI=1S/C12H18ClNO2S/c1-11(9-13)10-14-17(15,16)8-7-12-5-3-2-4-6-12/h2-6,11,14H,7-10H2,1H3. The number of hydrogen-bond acceptors (Lipinski definition) is 2. The van der Waals surface area contributed by atoms with E-state index in [0.29, 0.717) is 18.8 Å². The van der Waals surface area contributed by atoms with Gasteiger partial charge in [-0.25, -0.2) is 13.1 Å². The summed E-state index contributed by atoms with van der Waals surface area (Å²) in [6.45, 7) is 2.31. The van der Waals surface area contributed by atoms with Crippen LogP contribution in [0.5, 0.6) is 0 Å². The highest BCUT2D eigenvalue weighted by Crippen LogP contribution is 2.02. The van der Waals surface area contributed by atoms with Crippen LogP contribution in [0.25, 0.3) is 0 Å². The van der Waals surface area contributed by atoms with Crippen molar-refractivity contribution in [3.63, 3.8) is 0 Å². The Kier molecular flexibility index (Phi) is 5.95. The van der Waals surface area contributed by atoms with E-state index >= 15 is 0 Å². The highest BCUT2D eigenvalue weighted by Gasteiger charge is 2.11. The van der Waals surface area contributed by atoms with Crippen molar-refractivity contribution in [2.45, 2.75) is 13.3 Å². The van der Waals surface area contributed by atoms with Crippen LogP contribution in [0, 0.1) is 5.92 Å². The van der Waals surface area contributed by atoms with E-state index in [2.05, 4.69) is 4.72 Å². The molecule has 0 saturated carbocycles. The van der Waals surface area contributed by atoms with Crippen molar-refractivity contribution in [1.29, 1.82) is 0 Å². The first-order chi connectivity index (χ1) is 8.03. The van der Waals surface area contributed by atoms with Crippen LogP contribution in [0.1, 0.15) is 12.5 Å². The summed E-state index contributed by atoms with van der Waals surface area (Å²) in [5.41, 5.74) is 1.03. The zero-order valence-corrected chi connectivity index (χ0v) is 11.5. The fraction of sp³-hybridized carbons (Fsp3) is 0.500. The highest BCUT2D eigenvalue weighted by molar-refractivity contribution is 7.89. The molecule has 0 bridgehead atoms. The summed E-state index contributed by atoms with van der Waals surface area (Å²) < 4.78 is 25.9. The van der Waals surface area contributed by atoms with Gasteiger partial charge in [0.15, 0.2) is 0 Å². The minimum atomic E-state index is -3.19. The second kappa shape index (κ2) is 6.99. The predicted octanol–water partition coefficient (Wildman–Crippen LogP) is 2.02. The van der Waals surface area contributed by atoms with Gasteiger partial charge in [0.05, 0.1) is 5.75 Å². The maximum absolute atomic E-state index is 11.7. The van der Waals surface area contributed by atoms with Gasteiger partial charge >= 0.3 is 0 Å². The van der Waals surface area contributed by atoms with Gasteiger partial charge in [0.2, 0.25) is 10.0 Å². The summed E-state index contributed by atoms with van der Waals surface area (Å²) in [6, 6.07) is 9.59. The van der Waals surface area contributed by atoms with Gasteiger partial charge in [0, 0.05) is 12.4 Å². The monoisotopic (exact) mass is 275 g/mol. The Morgan fingerprint density at radius 3 is 2.53 bits per heavy atom. The molecule has 1 aromatic rings. The molecule has 0 heterocycles. The van der Waals surface area contributed by atoms with Gasteiger partial charge < -0.3 is 0 Å². The molecular weight excluding hydrogens is 258 g/mol. The zero-order chi connectivity index (χ0) is 12.7. The number of benzene rings is 1. The van der Waals surface area contributed by atoms with Gasteiger partial charge in [-0.3, -0.25) is 0 Å². The fourth-order valence-corrected chi connectivity index (χ4v) is 2.59. The second-order valence-electron chi connectivity index (χ2n) is 4.16. The zero-order valence-electron chi connectivity index (χ0n) is 9.90. The highest BCUT2D eigenvalue weighted by atomic mass is 35.5. The summed E-state index contributed by atoms with van der Waals surface area (Å²) >= 11 is 5.62. The van der Waals surface area contributed by atoms with E-state index in [1.165, 1.54) is 0 Å². The molecule has 96 valence electrons. The maximum atomic E-state index is 11.7. The average molecular weight is 276 g/mol. The molecule has 0 aromatic heterocycles. The molecule has 0 aliphatic carbocycles. The summed E-state index contributed by atoms with van der Waals surface area (Å²) in [5.74, 6) is 0.732. The van der Waals surface area contributed by atoms with Crippen molar-refractivity contribution >= 4 is 21.6 Å². The maximum Gasteiger partial charge on any atom is 0.211 e. The Morgan fingerprint density at radius 1 is 1.29 bits per heavy atom. The molecule has 0 aliphatic heterocycles. The number of halogens is 1. The Hall–Kier alpha value is -0.580. The number of hydrogen-bond donors (Lipinski definition) is 1. The van der Waals surface area contributed by atoms with Crippen LogP contribution in [0.2, 0.25) is 0 Å². The fourth-order valence-electron chi connectivity index (χ4n) is 1.29. The first kappa shape index (κ1) is 14.5. The van der Waals surface area contributed by atoms with Crippen molar-refractivity contribution in [2.24, 2.45) is 5.92 Å². The molecule has 0 saturated heterocycles. The third-order valence-corrected chi connectivity index (χ3v) is 4.29. The first-order valence-corrected chi connectivity index (χ1v) is 7.79. The molecule has 3 nitrogen and oxygen atoms in total. The van der Waals surface area contributed by atoms with Gasteiger partial charge in [-0.2, -0.15) is 0 Å². The molecule has 0 spiro atoms. The lowest BCUT2D eigenvalue weighted by molar-refractivity contribution is 0.561. The molecule has 1 aromatic carbocycles. The van der Waals surface area contributed by atoms with Crippen molar-refractivity contribution < 1.29 is 8.42 Å². The van der Waals surface area contributed by atoms with Crippen LogP contribution < -0.4 is 4.72 Å². The van der Waals surface area contributed by atoms with Crippen LogP contribution in [-0.4, -0.2) is 26.6 Å². The normalized spacial score (nSPS) is 13.5. The summed E-state index contributed by atoms with van der Waals surface area (Å²) in [5, 5.41) is 0. The molecule has 0 fully saturated rings. The third kappa shape index (κ3) is 6.05. The van der Waals surface area contributed by atoms with Gasteiger partial charge in [0.1, 0.15) is 0 Å². The van der Waals surface area contributed by atoms with Crippen LogP contribution in [0.3, 0.4) is 0 Å². The SMILES string of the molecule is CC(CCl)CNS(=O)(=O)CCc1ccccc1. The molecule has 0 aliphatic rings. The lowest BCUT2D eigenvalue weighted by Crippen LogP contribution is -2.31. The van der Waals surface area contributed by atoms with Crippen molar-refractivity contribution in [2.75, 3.05) is 18.2 Å². The second-order valence-corrected chi connectivity index (χ2v) is 6.40.